The van der Waals surface area contributed by atoms with Gasteiger partial charge in [0.1, 0.15) is 0 Å². The first-order valence-electron chi connectivity index (χ1n) is 6.36. The predicted octanol–water partition coefficient (Wildman–Crippen LogP) is 2.88. The lowest BCUT2D eigenvalue weighted by Gasteiger charge is -2.16. The summed E-state index contributed by atoms with van der Waals surface area (Å²) >= 11 is 5.88. The summed E-state index contributed by atoms with van der Waals surface area (Å²) in [4.78, 5) is 2.58. The number of nitrogens with zero attached hydrogens (tertiary/aromatic N) is 1. The Balaban J connectivity index is 0.00000120. The molecule has 2 aliphatic rings. The van der Waals surface area contributed by atoms with Gasteiger partial charge in [-0.2, -0.15) is 0 Å². The van der Waals surface area contributed by atoms with Crippen molar-refractivity contribution in [1.29, 1.82) is 0 Å². The summed E-state index contributed by atoms with van der Waals surface area (Å²) in [6, 6.07) is 8.21. The largest absolute Gasteiger partial charge is 0.381 e. The molecule has 2 unspecified atom stereocenters. The molecule has 4 heteroatoms. The van der Waals surface area contributed by atoms with Crippen molar-refractivity contribution in [3.63, 3.8) is 0 Å². The van der Waals surface area contributed by atoms with E-state index in [2.05, 4.69) is 17.0 Å². The lowest BCUT2D eigenvalue weighted by atomic mass is 10.0. The summed E-state index contributed by atoms with van der Waals surface area (Å²) in [6.45, 7) is 5.55. The first kappa shape index (κ1) is 14.1. The molecule has 0 saturated carbocycles. The van der Waals surface area contributed by atoms with E-state index >= 15 is 0 Å². The van der Waals surface area contributed by atoms with Crippen molar-refractivity contribution < 1.29 is 4.74 Å². The van der Waals surface area contributed by atoms with Gasteiger partial charge in [0.25, 0.3) is 0 Å². The molecule has 100 valence electrons. The van der Waals surface area contributed by atoms with E-state index in [9.17, 15) is 0 Å². The molecule has 2 fully saturated rings. The van der Waals surface area contributed by atoms with Crippen LogP contribution in [0.4, 0.5) is 0 Å². The lowest BCUT2D eigenvalue weighted by Crippen LogP contribution is -2.25. The second-order valence-corrected chi connectivity index (χ2v) is 5.63. The fraction of sp³-hybridized carbons (Fsp3) is 0.571. The van der Waals surface area contributed by atoms with E-state index in [4.69, 9.17) is 16.3 Å². The maximum Gasteiger partial charge on any atom is 0.0510 e. The normalized spacial score (nSPS) is 26.9. The topological polar surface area (TPSA) is 12.5 Å². The third kappa shape index (κ3) is 3.18. The highest BCUT2D eigenvalue weighted by molar-refractivity contribution is 6.30. The molecule has 0 N–H and O–H groups in total. The Morgan fingerprint density at radius 3 is 2.33 bits per heavy atom. The first-order valence-corrected chi connectivity index (χ1v) is 6.73. The summed E-state index contributed by atoms with van der Waals surface area (Å²) < 4.78 is 5.49. The number of fused-ring (bicyclic) bond motifs is 1. The molecule has 2 heterocycles. The van der Waals surface area contributed by atoms with Gasteiger partial charge in [-0.15, -0.1) is 12.4 Å². The summed E-state index contributed by atoms with van der Waals surface area (Å²) in [6.07, 6.45) is 1.12. The van der Waals surface area contributed by atoms with Crippen LogP contribution in [0.15, 0.2) is 24.3 Å². The van der Waals surface area contributed by atoms with Gasteiger partial charge in [0.2, 0.25) is 0 Å². The highest BCUT2D eigenvalue weighted by Gasteiger charge is 2.36. The van der Waals surface area contributed by atoms with Crippen LogP contribution in [0.3, 0.4) is 0 Å². The van der Waals surface area contributed by atoms with Crippen LogP contribution in [0.2, 0.25) is 5.02 Å². The Morgan fingerprint density at radius 2 is 1.72 bits per heavy atom. The highest BCUT2D eigenvalue weighted by Crippen LogP contribution is 2.29. The van der Waals surface area contributed by atoms with Crippen LogP contribution in [-0.4, -0.2) is 37.7 Å². The van der Waals surface area contributed by atoms with Gasteiger partial charge in [0, 0.05) is 36.5 Å². The second-order valence-electron chi connectivity index (χ2n) is 5.19. The lowest BCUT2D eigenvalue weighted by molar-refractivity contribution is 0.155. The minimum atomic E-state index is 0. The van der Waals surface area contributed by atoms with E-state index in [0.29, 0.717) is 0 Å². The van der Waals surface area contributed by atoms with Gasteiger partial charge in [0.05, 0.1) is 13.2 Å². The maximum absolute atomic E-state index is 5.88. The van der Waals surface area contributed by atoms with Crippen molar-refractivity contribution in [2.75, 3.05) is 32.8 Å². The van der Waals surface area contributed by atoms with E-state index in [1.54, 1.807) is 0 Å². The van der Waals surface area contributed by atoms with Gasteiger partial charge in [0.15, 0.2) is 0 Å². The fourth-order valence-electron chi connectivity index (χ4n) is 2.91. The number of rotatable bonds is 3. The number of likely N-dealkylation sites (tertiary alicyclic amines) is 1. The van der Waals surface area contributed by atoms with Gasteiger partial charge in [-0.05, 0) is 24.1 Å². The molecule has 3 rings (SSSR count). The molecule has 0 radical (unpaired) electrons. The van der Waals surface area contributed by atoms with Crippen LogP contribution < -0.4 is 0 Å². The molecule has 0 aliphatic carbocycles. The zero-order valence-corrected chi connectivity index (χ0v) is 11.9. The molecular formula is C14H19Cl2NO. The average molecular weight is 288 g/mol. The van der Waals surface area contributed by atoms with Crippen LogP contribution in [0.1, 0.15) is 5.56 Å². The molecule has 2 atom stereocenters. The van der Waals surface area contributed by atoms with Crippen molar-refractivity contribution in [3.05, 3.63) is 34.9 Å². The zero-order valence-electron chi connectivity index (χ0n) is 10.3. The van der Waals surface area contributed by atoms with Gasteiger partial charge >= 0.3 is 0 Å². The molecule has 1 aromatic carbocycles. The molecule has 0 bridgehead atoms. The van der Waals surface area contributed by atoms with Crippen LogP contribution in [0.25, 0.3) is 0 Å². The smallest absolute Gasteiger partial charge is 0.0510 e. The average Bonchev–Trinajstić information content (AvgIpc) is 2.88. The number of hydrogen-bond donors (Lipinski definition) is 0. The van der Waals surface area contributed by atoms with Crippen LogP contribution in [-0.2, 0) is 11.2 Å². The number of ether oxygens (including phenoxy) is 1. The molecule has 2 aliphatic heterocycles. The Bertz CT molecular complexity index is 370. The molecule has 2 nitrogen and oxygen atoms in total. The van der Waals surface area contributed by atoms with Gasteiger partial charge in [-0.1, -0.05) is 23.7 Å². The molecule has 0 aromatic heterocycles. The van der Waals surface area contributed by atoms with Crippen molar-refractivity contribution in [2.24, 2.45) is 11.8 Å². The third-order valence-electron chi connectivity index (χ3n) is 3.95. The Hall–Kier alpha value is -0.280. The number of halogens is 2. The predicted molar refractivity (Wildman–Crippen MR) is 76.6 cm³/mol. The van der Waals surface area contributed by atoms with E-state index in [1.807, 2.05) is 12.1 Å². The summed E-state index contributed by atoms with van der Waals surface area (Å²) in [5.41, 5.74) is 1.38. The Kier molecular flexibility index (Phi) is 4.91. The van der Waals surface area contributed by atoms with Crippen molar-refractivity contribution in [2.45, 2.75) is 6.42 Å². The molecule has 2 saturated heterocycles. The standard InChI is InChI=1S/C14H18ClNO.ClH/c15-14-3-1-11(2-4-14)5-6-16-7-12-9-17-10-13(12)8-16;/h1-4,12-13H,5-10H2;1H. The SMILES string of the molecule is Cl.Clc1ccc(CCN2CC3COCC3C2)cc1. The van der Waals surface area contributed by atoms with E-state index in [0.717, 1.165) is 43.0 Å². The Labute approximate surface area is 120 Å². The maximum atomic E-state index is 5.88. The Morgan fingerprint density at radius 1 is 1.11 bits per heavy atom. The van der Waals surface area contributed by atoms with Gasteiger partial charge in [-0.25, -0.2) is 0 Å². The fourth-order valence-corrected chi connectivity index (χ4v) is 3.03. The zero-order chi connectivity index (χ0) is 11.7. The molecule has 0 spiro atoms. The van der Waals surface area contributed by atoms with Crippen LogP contribution in [0.5, 0.6) is 0 Å². The first-order chi connectivity index (χ1) is 8.31. The molecule has 0 amide bonds. The highest BCUT2D eigenvalue weighted by atomic mass is 35.5. The van der Waals surface area contributed by atoms with Crippen molar-refractivity contribution >= 4 is 24.0 Å². The summed E-state index contributed by atoms with van der Waals surface area (Å²) in [5.74, 6) is 1.58. The van der Waals surface area contributed by atoms with Crippen LogP contribution >= 0.6 is 24.0 Å². The summed E-state index contributed by atoms with van der Waals surface area (Å²) in [5, 5.41) is 0.821. The quantitative estimate of drug-likeness (QED) is 0.848. The van der Waals surface area contributed by atoms with Crippen molar-refractivity contribution in [3.8, 4) is 0 Å². The van der Waals surface area contributed by atoms with Gasteiger partial charge < -0.3 is 9.64 Å². The monoisotopic (exact) mass is 287 g/mol. The van der Waals surface area contributed by atoms with E-state index < -0.39 is 0 Å². The van der Waals surface area contributed by atoms with E-state index in [-0.39, 0.29) is 12.4 Å². The third-order valence-corrected chi connectivity index (χ3v) is 4.20. The van der Waals surface area contributed by atoms with Gasteiger partial charge in [-0.3, -0.25) is 0 Å². The molecule has 18 heavy (non-hydrogen) atoms. The number of benzene rings is 1. The molecular weight excluding hydrogens is 269 g/mol. The van der Waals surface area contributed by atoms with E-state index in [1.165, 1.54) is 18.7 Å². The minimum absolute atomic E-state index is 0. The summed E-state index contributed by atoms with van der Waals surface area (Å²) in [7, 11) is 0. The number of hydrogen-bond acceptors (Lipinski definition) is 2. The second kappa shape index (κ2) is 6.25. The van der Waals surface area contributed by atoms with Crippen LogP contribution in [0, 0.1) is 11.8 Å². The van der Waals surface area contributed by atoms with Crippen molar-refractivity contribution in [1.82, 2.24) is 4.90 Å². The molecule has 1 aromatic rings. The minimum Gasteiger partial charge on any atom is -0.381 e.